The Morgan fingerprint density at radius 1 is 1.18 bits per heavy atom. The van der Waals surface area contributed by atoms with Crippen molar-refractivity contribution in [1.82, 2.24) is 15.1 Å². The molecular weight excluding hydrogens is 278 g/mol. The first-order valence-corrected chi connectivity index (χ1v) is 8.19. The lowest BCUT2D eigenvalue weighted by Crippen LogP contribution is -2.53. The summed E-state index contributed by atoms with van der Waals surface area (Å²) in [5, 5.41) is 13.0. The summed E-state index contributed by atoms with van der Waals surface area (Å²) >= 11 is 0. The van der Waals surface area contributed by atoms with Crippen LogP contribution in [0.5, 0.6) is 0 Å². The van der Waals surface area contributed by atoms with Crippen molar-refractivity contribution in [2.75, 3.05) is 32.7 Å². The molecule has 0 bridgehead atoms. The normalized spacial score (nSPS) is 20.7. The van der Waals surface area contributed by atoms with Gasteiger partial charge in [-0.05, 0) is 24.3 Å². The van der Waals surface area contributed by atoms with E-state index in [1.165, 1.54) is 12.8 Å². The van der Waals surface area contributed by atoms with Crippen molar-refractivity contribution in [2.24, 2.45) is 5.92 Å². The Bertz CT molecular complexity index is 482. The van der Waals surface area contributed by atoms with Crippen LogP contribution in [0.2, 0.25) is 0 Å². The molecule has 22 heavy (non-hydrogen) atoms. The molecule has 0 radical (unpaired) electrons. The summed E-state index contributed by atoms with van der Waals surface area (Å²) < 4.78 is 0. The molecule has 1 aliphatic carbocycles. The van der Waals surface area contributed by atoms with E-state index in [0.717, 1.165) is 38.3 Å². The van der Waals surface area contributed by atoms with Crippen LogP contribution in [-0.4, -0.2) is 59.8 Å². The predicted molar refractivity (Wildman–Crippen MR) is 85.4 cm³/mol. The minimum Gasteiger partial charge on any atom is -0.392 e. The van der Waals surface area contributed by atoms with Crippen LogP contribution >= 0.6 is 0 Å². The molecule has 1 aromatic rings. The standard InChI is InChI=1S/C17H25N3O2/c21-16(15-6-7-15)13-19-8-10-20(11-9-19)17(22)18-12-14-4-2-1-3-5-14/h1-5,15-16,21H,6-13H2,(H,18,22). The number of carbonyl (C=O) groups excluding carboxylic acids is 1. The number of piperazine rings is 1. The van der Waals surface area contributed by atoms with Crippen molar-refractivity contribution in [3.63, 3.8) is 0 Å². The third kappa shape index (κ3) is 4.21. The molecule has 120 valence electrons. The van der Waals surface area contributed by atoms with Crippen LogP contribution in [-0.2, 0) is 6.54 Å². The van der Waals surface area contributed by atoms with Crippen LogP contribution in [0.4, 0.5) is 4.79 Å². The zero-order chi connectivity index (χ0) is 15.4. The summed E-state index contributed by atoms with van der Waals surface area (Å²) in [6, 6.07) is 9.96. The molecule has 3 rings (SSSR count). The van der Waals surface area contributed by atoms with E-state index in [1.807, 2.05) is 35.2 Å². The van der Waals surface area contributed by atoms with Crippen LogP contribution < -0.4 is 5.32 Å². The Kier molecular flexibility index (Phi) is 4.95. The molecule has 1 saturated carbocycles. The molecular formula is C17H25N3O2. The van der Waals surface area contributed by atoms with Crippen LogP contribution in [0.3, 0.4) is 0 Å². The van der Waals surface area contributed by atoms with Crippen molar-refractivity contribution in [2.45, 2.75) is 25.5 Å². The molecule has 1 atom stereocenters. The van der Waals surface area contributed by atoms with Crippen LogP contribution in [0, 0.1) is 5.92 Å². The maximum atomic E-state index is 12.2. The van der Waals surface area contributed by atoms with E-state index >= 15 is 0 Å². The number of carbonyl (C=O) groups is 1. The second-order valence-corrected chi connectivity index (χ2v) is 6.34. The fraction of sp³-hybridized carbons (Fsp3) is 0.588. The Balaban J connectivity index is 1.38. The summed E-state index contributed by atoms with van der Waals surface area (Å²) in [7, 11) is 0. The highest BCUT2D eigenvalue weighted by atomic mass is 16.3. The predicted octanol–water partition coefficient (Wildman–Crippen LogP) is 1.28. The van der Waals surface area contributed by atoms with Crippen LogP contribution in [0.25, 0.3) is 0 Å². The van der Waals surface area contributed by atoms with Gasteiger partial charge in [-0.2, -0.15) is 0 Å². The lowest BCUT2D eigenvalue weighted by atomic mass is 10.2. The summed E-state index contributed by atoms with van der Waals surface area (Å²) in [4.78, 5) is 16.3. The van der Waals surface area contributed by atoms with Crippen molar-refractivity contribution in [3.05, 3.63) is 35.9 Å². The van der Waals surface area contributed by atoms with Gasteiger partial charge in [0.15, 0.2) is 0 Å². The monoisotopic (exact) mass is 303 g/mol. The van der Waals surface area contributed by atoms with E-state index in [9.17, 15) is 9.90 Å². The average Bonchev–Trinajstić information content (AvgIpc) is 3.39. The van der Waals surface area contributed by atoms with E-state index in [-0.39, 0.29) is 12.1 Å². The Labute approximate surface area is 131 Å². The summed E-state index contributed by atoms with van der Waals surface area (Å²) in [6.07, 6.45) is 2.16. The zero-order valence-corrected chi connectivity index (χ0v) is 12.9. The number of aliphatic hydroxyl groups excluding tert-OH is 1. The van der Waals surface area contributed by atoms with Gasteiger partial charge in [0.1, 0.15) is 0 Å². The van der Waals surface area contributed by atoms with Gasteiger partial charge in [-0.25, -0.2) is 4.79 Å². The Hall–Kier alpha value is -1.59. The topological polar surface area (TPSA) is 55.8 Å². The van der Waals surface area contributed by atoms with Gasteiger partial charge in [0.05, 0.1) is 6.10 Å². The number of nitrogens with zero attached hydrogens (tertiary/aromatic N) is 2. The van der Waals surface area contributed by atoms with Crippen molar-refractivity contribution >= 4 is 6.03 Å². The average molecular weight is 303 g/mol. The molecule has 0 spiro atoms. The van der Waals surface area contributed by atoms with Crippen LogP contribution in [0.1, 0.15) is 18.4 Å². The number of urea groups is 1. The van der Waals surface area contributed by atoms with Gasteiger partial charge < -0.3 is 15.3 Å². The van der Waals surface area contributed by atoms with Crippen LogP contribution in [0.15, 0.2) is 30.3 Å². The number of β-amino-alcohol motifs (C(OH)–C–C–N with tert-alkyl or cyclic N) is 1. The third-order valence-electron chi connectivity index (χ3n) is 4.56. The number of amides is 2. The highest BCUT2D eigenvalue weighted by molar-refractivity contribution is 5.74. The quantitative estimate of drug-likeness (QED) is 0.862. The second-order valence-electron chi connectivity index (χ2n) is 6.34. The molecule has 1 heterocycles. The lowest BCUT2D eigenvalue weighted by molar-refractivity contribution is 0.0696. The molecule has 2 fully saturated rings. The maximum Gasteiger partial charge on any atom is 0.317 e. The summed E-state index contributed by atoms with van der Waals surface area (Å²) in [5.41, 5.74) is 1.11. The van der Waals surface area contributed by atoms with Crippen molar-refractivity contribution < 1.29 is 9.90 Å². The summed E-state index contributed by atoms with van der Waals surface area (Å²) in [6.45, 7) is 4.49. The van der Waals surface area contributed by atoms with Gasteiger partial charge >= 0.3 is 6.03 Å². The van der Waals surface area contributed by atoms with E-state index < -0.39 is 0 Å². The first kappa shape index (κ1) is 15.3. The van der Waals surface area contributed by atoms with Gasteiger partial charge in [-0.15, -0.1) is 0 Å². The first-order chi connectivity index (χ1) is 10.7. The minimum absolute atomic E-state index is 0.00578. The van der Waals surface area contributed by atoms with E-state index in [0.29, 0.717) is 12.5 Å². The van der Waals surface area contributed by atoms with Gasteiger partial charge in [-0.1, -0.05) is 30.3 Å². The van der Waals surface area contributed by atoms with E-state index in [4.69, 9.17) is 0 Å². The molecule has 1 aromatic carbocycles. The molecule has 5 nitrogen and oxygen atoms in total. The molecule has 1 unspecified atom stereocenters. The van der Waals surface area contributed by atoms with E-state index in [1.54, 1.807) is 0 Å². The Morgan fingerprint density at radius 2 is 1.86 bits per heavy atom. The molecule has 2 amide bonds. The largest absolute Gasteiger partial charge is 0.392 e. The highest BCUT2D eigenvalue weighted by Crippen LogP contribution is 2.32. The Morgan fingerprint density at radius 3 is 2.50 bits per heavy atom. The molecule has 5 heteroatoms. The number of hydrogen-bond acceptors (Lipinski definition) is 3. The fourth-order valence-corrected chi connectivity index (χ4v) is 2.91. The maximum absolute atomic E-state index is 12.2. The van der Waals surface area contributed by atoms with Gasteiger partial charge in [0.25, 0.3) is 0 Å². The number of benzene rings is 1. The number of hydrogen-bond donors (Lipinski definition) is 2. The zero-order valence-electron chi connectivity index (χ0n) is 12.9. The lowest BCUT2D eigenvalue weighted by Gasteiger charge is -2.35. The second kappa shape index (κ2) is 7.11. The number of nitrogens with one attached hydrogen (secondary N) is 1. The molecule has 0 aromatic heterocycles. The fourth-order valence-electron chi connectivity index (χ4n) is 2.91. The number of rotatable bonds is 5. The smallest absolute Gasteiger partial charge is 0.317 e. The van der Waals surface area contributed by atoms with Gasteiger partial charge in [0, 0.05) is 39.3 Å². The third-order valence-corrected chi connectivity index (χ3v) is 4.56. The first-order valence-electron chi connectivity index (χ1n) is 8.19. The van der Waals surface area contributed by atoms with Crippen molar-refractivity contribution in [3.8, 4) is 0 Å². The van der Waals surface area contributed by atoms with E-state index in [2.05, 4.69) is 10.2 Å². The SMILES string of the molecule is O=C(NCc1ccccc1)N1CCN(CC(O)C2CC2)CC1. The summed E-state index contributed by atoms with van der Waals surface area (Å²) in [5.74, 6) is 0.521. The molecule has 2 N–H and O–H groups in total. The minimum atomic E-state index is -0.182. The number of aliphatic hydroxyl groups is 1. The van der Waals surface area contributed by atoms with Gasteiger partial charge in [-0.3, -0.25) is 4.90 Å². The van der Waals surface area contributed by atoms with Gasteiger partial charge in [0.2, 0.25) is 0 Å². The molecule has 1 saturated heterocycles. The molecule has 2 aliphatic rings. The van der Waals surface area contributed by atoms with Crippen molar-refractivity contribution in [1.29, 1.82) is 0 Å². The highest BCUT2D eigenvalue weighted by Gasteiger charge is 2.31. The molecule has 1 aliphatic heterocycles.